The fourth-order valence-corrected chi connectivity index (χ4v) is 2.40. The number of fused-ring (bicyclic) bond motifs is 1. The molecule has 5 heteroatoms. The Balaban J connectivity index is 2.46. The topological polar surface area (TPSA) is 61.5 Å². The molecule has 2 heterocycles. The average Bonchev–Trinajstić information content (AvgIpc) is 2.79. The number of H-pyrrole nitrogens is 2. The lowest BCUT2D eigenvalue weighted by molar-refractivity contribution is 1.09. The molecule has 0 unspecified atom stereocenters. The second-order valence-electron chi connectivity index (χ2n) is 3.67. The number of aromatic nitrogens is 3. The van der Waals surface area contributed by atoms with Gasteiger partial charge in [0.2, 0.25) is 0 Å². The molecule has 0 aliphatic rings. The predicted molar refractivity (Wildman–Crippen MR) is 69.9 cm³/mol. The molecule has 0 fully saturated rings. The zero-order valence-electron chi connectivity index (χ0n) is 8.70. The summed E-state index contributed by atoms with van der Waals surface area (Å²) in [7, 11) is 0. The summed E-state index contributed by atoms with van der Waals surface area (Å²) in [6, 6.07) is 9.75. The smallest absolute Gasteiger partial charge is 0.264 e. The van der Waals surface area contributed by atoms with Crippen LogP contribution < -0.4 is 5.56 Å². The number of nitrogens with one attached hydrogen (secondary N) is 2. The number of pyridine rings is 1. The molecule has 84 valence electrons. The van der Waals surface area contributed by atoms with Crippen LogP contribution in [0.1, 0.15) is 0 Å². The van der Waals surface area contributed by atoms with Crippen LogP contribution >= 0.6 is 15.9 Å². The molecule has 3 rings (SSSR count). The van der Waals surface area contributed by atoms with Crippen LogP contribution in [0.15, 0.2) is 45.8 Å². The Morgan fingerprint density at radius 3 is 2.71 bits per heavy atom. The van der Waals surface area contributed by atoms with Crippen molar-refractivity contribution < 1.29 is 0 Å². The van der Waals surface area contributed by atoms with E-state index in [-0.39, 0.29) is 5.56 Å². The standard InChI is InChI=1S/C12H8BrN3O/c13-10-9(7-4-2-1-3-5-7)8-6-14-16-11(8)15-12(10)17/h1-6H,(H2,14,15,16,17). The average molecular weight is 290 g/mol. The molecule has 1 aromatic carbocycles. The van der Waals surface area contributed by atoms with E-state index >= 15 is 0 Å². The van der Waals surface area contributed by atoms with Crippen molar-refractivity contribution in [2.75, 3.05) is 0 Å². The van der Waals surface area contributed by atoms with Crippen LogP contribution in [0, 0.1) is 0 Å². The van der Waals surface area contributed by atoms with Crippen LogP contribution in [0.2, 0.25) is 0 Å². The maximum Gasteiger partial charge on any atom is 0.264 e. The summed E-state index contributed by atoms with van der Waals surface area (Å²) in [6.07, 6.45) is 1.71. The summed E-state index contributed by atoms with van der Waals surface area (Å²) >= 11 is 3.34. The largest absolute Gasteiger partial charge is 0.306 e. The highest BCUT2D eigenvalue weighted by molar-refractivity contribution is 9.10. The first-order valence-corrected chi connectivity index (χ1v) is 5.87. The van der Waals surface area contributed by atoms with Crippen molar-refractivity contribution in [3.05, 3.63) is 51.4 Å². The fraction of sp³-hybridized carbons (Fsp3) is 0. The summed E-state index contributed by atoms with van der Waals surface area (Å²) < 4.78 is 0.526. The number of benzene rings is 1. The molecule has 0 bridgehead atoms. The minimum atomic E-state index is -0.166. The first-order valence-electron chi connectivity index (χ1n) is 5.07. The van der Waals surface area contributed by atoms with Crippen molar-refractivity contribution in [2.45, 2.75) is 0 Å². The zero-order chi connectivity index (χ0) is 11.8. The Hall–Kier alpha value is -1.88. The lowest BCUT2D eigenvalue weighted by Gasteiger charge is -2.05. The summed E-state index contributed by atoms with van der Waals surface area (Å²) in [5.74, 6) is 0. The van der Waals surface area contributed by atoms with Crippen LogP contribution in [-0.4, -0.2) is 15.2 Å². The van der Waals surface area contributed by atoms with Crippen molar-refractivity contribution in [3.63, 3.8) is 0 Å². The lowest BCUT2D eigenvalue weighted by Crippen LogP contribution is -2.08. The Kier molecular flexibility index (Phi) is 2.33. The summed E-state index contributed by atoms with van der Waals surface area (Å²) in [4.78, 5) is 14.5. The first kappa shape index (κ1) is 10.3. The second kappa shape index (κ2) is 3.85. The molecule has 0 amide bonds. The van der Waals surface area contributed by atoms with E-state index in [9.17, 15) is 4.79 Å². The van der Waals surface area contributed by atoms with Gasteiger partial charge < -0.3 is 4.98 Å². The highest BCUT2D eigenvalue weighted by Gasteiger charge is 2.13. The molecular weight excluding hydrogens is 282 g/mol. The number of aromatic amines is 2. The van der Waals surface area contributed by atoms with E-state index in [0.29, 0.717) is 10.1 Å². The van der Waals surface area contributed by atoms with E-state index in [2.05, 4.69) is 31.1 Å². The maximum absolute atomic E-state index is 11.8. The van der Waals surface area contributed by atoms with Gasteiger partial charge in [0.15, 0.2) is 0 Å². The van der Waals surface area contributed by atoms with Crippen LogP contribution in [0.4, 0.5) is 0 Å². The molecule has 17 heavy (non-hydrogen) atoms. The van der Waals surface area contributed by atoms with Crippen LogP contribution in [0.3, 0.4) is 0 Å². The molecule has 0 spiro atoms. The van der Waals surface area contributed by atoms with Gasteiger partial charge in [0, 0.05) is 10.9 Å². The van der Waals surface area contributed by atoms with Gasteiger partial charge in [-0.1, -0.05) is 30.3 Å². The van der Waals surface area contributed by atoms with Gasteiger partial charge in [-0.3, -0.25) is 9.89 Å². The molecular formula is C12H8BrN3O. The minimum absolute atomic E-state index is 0.166. The van der Waals surface area contributed by atoms with Crippen molar-refractivity contribution in [3.8, 4) is 11.1 Å². The maximum atomic E-state index is 11.8. The van der Waals surface area contributed by atoms with Crippen molar-refractivity contribution in [2.24, 2.45) is 0 Å². The molecule has 0 aliphatic heterocycles. The van der Waals surface area contributed by atoms with E-state index in [1.807, 2.05) is 30.3 Å². The van der Waals surface area contributed by atoms with E-state index in [1.165, 1.54) is 0 Å². The second-order valence-corrected chi connectivity index (χ2v) is 4.46. The number of hydrogen-bond donors (Lipinski definition) is 2. The van der Waals surface area contributed by atoms with Crippen LogP contribution in [0.5, 0.6) is 0 Å². The van der Waals surface area contributed by atoms with Gasteiger partial charge in [0.05, 0.1) is 10.7 Å². The fourth-order valence-electron chi connectivity index (χ4n) is 1.86. The molecule has 4 nitrogen and oxygen atoms in total. The molecule has 2 N–H and O–H groups in total. The Morgan fingerprint density at radius 1 is 1.18 bits per heavy atom. The van der Waals surface area contributed by atoms with Crippen LogP contribution in [0.25, 0.3) is 22.2 Å². The monoisotopic (exact) mass is 289 g/mol. The van der Waals surface area contributed by atoms with Gasteiger partial charge in [0.1, 0.15) is 5.65 Å². The first-order chi connectivity index (χ1) is 8.27. The molecule has 0 saturated heterocycles. The molecule has 3 aromatic rings. The van der Waals surface area contributed by atoms with Crippen LogP contribution in [-0.2, 0) is 0 Å². The lowest BCUT2D eigenvalue weighted by atomic mass is 10.0. The normalized spacial score (nSPS) is 10.9. The predicted octanol–water partition coefficient (Wildman–Crippen LogP) is 2.68. The Morgan fingerprint density at radius 2 is 1.94 bits per heavy atom. The highest BCUT2D eigenvalue weighted by Crippen LogP contribution is 2.31. The third kappa shape index (κ3) is 1.59. The summed E-state index contributed by atoms with van der Waals surface area (Å²) in [5, 5.41) is 7.62. The van der Waals surface area contributed by atoms with Gasteiger partial charge in [-0.15, -0.1) is 0 Å². The molecule has 0 radical (unpaired) electrons. The number of nitrogens with zero attached hydrogens (tertiary/aromatic N) is 1. The van der Waals surface area contributed by atoms with E-state index in [4.69, 9.17) is 0 Å². The SMILES string of the molecule is O=c1[nH]c2[nH]ncc2c(-c2ccccc2)c1Br. The minimum Gasteiger partial charge on any atom is -0.306 e. The van der Waals surface area contributed by atoms with Gasteiger partial charge in [-0.05, 0) is 21.5 Å². The van der Waals surface area contributed by atoms with Gasteiger partial charge in [0.25, 0.3) is 5.56 Å². The van der Waals surface area contributed by atoms with Crippen molar-refractivity contribution >= 4 is 27.0 Å². The molecule has 2 aromatic heterocycles. The highest BCUT2D eigenvalue weighted by atomic mass is 79.9. The van der Waals surface area contributed by atoms with E-state index in [0.717, 1.165) is 16.5 Å². The van der Waals surface area contributed by atoms with Crippen molar-refractivity contribution in [1.82, 2.24) is 15.2 Å². The molecule has 0 aliphatic carbocycles. The van der Waals surface area contributed by atoms with Gasteiger partial charge >= 0.3 is 0 Å². The van der Waals surface area contributed by atoms with E-state index < -0.39 is 0 Å². The van der Waals surface area contributed by atoms with E-state index in [1.54, 1.807) is 6.20 Å². The Labute approximate surface area is 105 Å². The zero-order valence-corrected chi connectivity index (χ0v) is 10.3. The van der Waals surface area contributed by atoms with Gasteiger partial charge in [-0.25, -0.2) is 0 Å². The number of halogens is 1. The molecule has 0 atom stereocenters. The van der Waals surface area contributed by atoms with Gasteiger partial charge in [-0.2, -0.15) is 5.10 Å². The summed E-state index contributed by atoms with van der Waals surface area (Å²) in [5.41, 5.74) is 2.31. The Bertz CT molecular complexity index is 730. The number of rotatable bonds is 1. The third-order valence-corrected chi connectivity index (χ3v) is 3.39. The van der Waals surface area contributed by atoms with Crippen molar-refractivity contribution in [1.29, 1.82) is 0 Å². The molecule has 0 saturated carbocycles. The third-order valence-electron chi connectivity index (χ3n) is 2.63. The summed E-state index contributed by atoms with van der Waals surface area (Å²) in [6.45, 7) is 0. The number of hydrogen-bond acceptors (Lipinski definition) is 2. The quantitative estimate of drug-likeness (QED) is 0.723.